The molecule has 164 valence electrons. The number of benzene rings is 2. The fraction of sp³-hybridized carbons (Fsp3) is 0.320. The number of nitrogens with zero attached hydrogens (tertiary/aromatic N) is 2. The summed E-state index contributed by atoms with van der Waals surface area (Å²) < 4.78 is 6.03. The molecule has 32 heavy (non-hydrogen) atoms. The largest absolute Gasteiger partial charge is 0.490 e. The number of pyridine rings is 1. The van der Waals surface area contributed by atoms with Gasteiger partial charge in [-0.05, 0) is 56.1 Å². The molecule has 1 amide bonds. The van der Waals surface area contributed by atoms with E-state index in [-0.39, 0.29) is 17.6 Å². The van der Waals surface area contributed by atoms with Crippen molar-refractivity contribution in [1.82, 2.24) is 15.2 Å². The smallest absolute Gasteiger partial charge is 0.255 e. The van der Waals surface area contributed by atoms with Crippen molar-refractivity contribution < 1.29 is 9.53 Å². The van der Waals surface area contributed by atoms with Crippen molar-refractivity contribution in [2.75, 3.05) is 26.2 Å². The fourth-order valence-electron chi connectivity index (χ4n) is 4.05. The van der Waals surface area contributed by atoms with E-state index in [1.165, 1.54) is 6.20 Å². The summed E-state index contributed by atoms with van der Waals surface area (Å²) in [6.45, 7) is 3.41. The molecule has 2 heterocycles. The Labute approximate surface area is 186 Å². The van der Waals surface area contributed by atoms with Crippen LogP contribution in [0.4, 0.5) is 0 Å². The number of aromatic nitrogens is 1. The van der Waals surface area contributed by atoms with Crippen LogP contribution in [0, 0.1) is 11.3 Å². The molecule has 2 aromatic carbocycles. The SMILES string of the molecule is N#Cc1ccc(OC2CCN(CCCNC(=O)c3c[nH]c(=O)c4ccccc34)CC2)cc1. The second-order valence-electron chi connectivity index (χ2n) is 7.98. The first-order valence-corrected chi connectivity index (χ1v) is 10.9. The molecule has 7 nitrogen and oxygen atoms in total. The molecule has 1 saturated heterocycles. The van der Waals surface area contributed by atoms with Gasteiger partial charge in [0.1, 0.15) is 11.9 Å². The minimum Gasteiger partial charge on any atom is -0.490 e. The maximum absolute atomic E-state index is 12.6. The van der Waals surface area contributed by atoms with Crippen LogP contribution in [0.25, 0.3) is 10.8 Å². The van der Waals surface area contributed by atoms with Crippen molar-refractivity contribution in [2.24, 2.45) is 0 Å². The average molecular weight is 431 g/mol. The number of carbonyl (C=O) groups is 1. The lowest BCUT2D eigenvalue weighted by molar-refractivity contribution is 0.0936. The molecule has 4 rings (SSSR count). The zero-order chi connectivity index (χ0) is 22.3. The van der Waals surface area contributed by atoms with Crippen LogP contribution in [-0.4, -0.2) is 48.1 Å². The fourth-order valence-corrected chi connectivity index (χ4v) is 4.05. The molecule has 0 bridgehead atoms. The summed E-state index contributed by atoms with van der Waals surface area (Å²) in [4.78, 5) is 29.6. The summed E-state index contributed by atoms with van der Waals surface area (Å²) >= 11 is 0. The quantitative estimate of drug-likeness (QED) is 0.562. The molecule has 7 heteroatoms. The van der Waals surface area contributed by atoms with Gasteiger partial charge in [-0.1, -0.05) is 18.2 Å². The van der Waals surface area contributed by atoms with Crippen molar-refractivity contribution in [3.8, 4) is 11.8 Å². The van der Waals surface area contributed by atoms with Crippen LogP contribution in [0.2, 0.25) is 0 Å². The lowest BCUT2D eigenvalue weighted by Crippen LogP contribution is -2.39. The molecule has 0 spiro atoms. The molecule has 2 N–H and O–H groups in total. The maximum atomic E-state index is 12.6. The number of hydrogen-bond donors (Lipinski definition) is 2. The maximum Gasteiger partial charge on any atom is 0.255 e. The van der Waals surface area contributed by atoms with Crippen LogP contribution < -0.4 is 15.6 Å². The monoisotopic (exact) mass is 430 g/mol. The Hall–Kier alpha value is -3.63. The van der Waals surface area contributed by atoms with Crippen LogP contribution in [-0.2, 0) is 0 Å². The zero-order valence-corrected chi connectivity index (χ0v) is 17.8. The summed E-state index contributed by atoms with van der Waals surface area (Å²) in [5.41, 5.74) is 0.928. The number of aromatic amines is 1. The number of rotatable bonds is 7. The average Bonchev–Trinajstić information content (AvgIpc) is 2.83. The number of ether oxygens (including phenoxy) is 1. The first-order chi connectivity index (χ1) is 15.6. The van der Waals surface area contributed by atoms with E-state index >= 15 is 0 Å². The van der Waals surface area contributed by atoms with Crippen molar-refractivity contribution in [3.63, 3.8) is 0 Å². The third kappa shape index (κ3) is 5.16. The summed E-state index contributed by atoms with van der Waals surface area (Å²) in [5, 5.41) is 13.0. The van der Waals surface area contributed by atoms with Crippen LogP contribution in [0.3, 0.4) is 0 Å². The van der Waals surface area contributed by atoms with Gasteiger partial charge in [0.2, 0.25) is 0 Å². The molecule has 0 unspecified atom stereocenters. The van der Waals surface area contributed by atoms with Crippen molar-refractivity contribution in [3.05, 3.63) is 76.2 Å². The van der Waals surface area contributed by atoms with Crippen molar-refractivity contribution in [1.29, 1.82) is 5.26 Å². The summed E-state index contributed by atoms with van der Waals surface area (Å²) in [6, 6.07) is 16.5. The van der Waals surface area contributed by atoms with E-state index < -0.39 is 0 Å². The summed E-state index contributed by atoms with van der Waals surface area (Å²) in [6.07, 6.45) is 4.44. The normalized spacial score (nSPS) is 14.7. The van der Waals surface area contributed by atoms with E-state index in [4.69, 9.17) is 10.00 Å². The molecule has 1 aromatic heterocycles. The number of piperidine rings is 1. The number of nitriles is 1. The molecule has 3 aromatic rings. The van der Waals surface area contributed by atoms with E-state index in [1.807, 2.05) is 18.2 Å². The highest BCUT2D eigenvalue weighted by Gasteiger charge is 2.20. The Morgan fingerprint density at radius 3 is 2.56 bits per heavy atom. The topological polar surface area (TPSA) is 98.2 Å². The molecule has 0 atom stereocenters. The molecule has 0 radical (unpaired) electrons. The van der Waals surface area contributed by atoms with Crippen molar-refractivity contribution in [2.45, 2.75) is 25.4 Å². The lowest BCUT2D eigenvalue weighted by atomic mass is 10.1. The first-order valence-electron chi connectivity index (χ1n) is 10.9. The second-order valence-corrected chi connectivity index (χ2v) is 7.98. The molecule has 0 saturated carbocycles. The molecule has 1 aliphatic rings. The number of likely N-dealkylation sites (tertiary alicyclic amines) is 1. The van der Waals surface area contributed by atoms with Gasteiger partial charge < -0.3 is 19.9 Å². The van der Waals surface area contributed by atoms with Gasteiger partial charge in [-0.2, -0.15) is 5.26 Å². The summed E-state index contributed by atoms with van der Waals surface area (Å²) in [7, 11) is 0. The zero-order valence-electron chi connectivity index (χ0n) is 17.8. The van der Waals surface area contributed by atoms with Crippen LogP contribution in [0.15, 0.2) is 59.5 Å². The highest BCUT2D eigenvalue weighted by Crippen LogP contribution is 2.20. The first kappa shape index (κ1) is 21.6. The predicted octanol–water partition coefficient (Wildman–Crippen LogP) is 3.06. The number of fused-ring (bicyclic) bond motifs is 1. The summed E-state index contributed by atoms with van der Waals surface area (Å²) in [5.74, 6) is 0.631. The van der Waals surface area contributed by atoms with Crippen LogP contribution in [0.5, 0.6) is 5.75 Å². The minimum atomic E-state index is -0.191. The van der Waals surface area contributed by atoms with Crippen LogP contribution in [0.1, 0.15) is 35.2 Å². The van der Waals surface area contributed by atoms with Gasteiger partial charge in [0.15, 0.2) is 0 Å². The molecule has 0 aliphatic carbocycles. The van der Waals surface area contributed by atoms with E-state index in [1.54, 1.807) is 30.3 Å². The highest BCUT2D eigenvalue weighted by atomic mass is 16.5. The lowest BCUT2D eigenvalue weighted by Gasteiger charge is -2.32. The number of hydrogen-bond acceptors (Lipinski definition) is 5. The van der Waals surface area contributed by atoms with Gasteiger partial charge in [0.05, 0.1) is 17.2 Å². The molecular formula is C25H26N4O3. The number of H-pyrrole nitrogens is 1. The predicted molar refractivity (Wildman–Crippen MR) is 123 cm³/mol. The Morgan fingerprint density at radius 2 is 1.84 bits per heavy atom. The van der Waals surface area contributed by atoms with Gasteiger partial charge in [0, 0.05) is 36.6 Å². The van der Waals surface area contributed by atoms with Gasteiger partial charge in [-0.15, -0.1) is 0 Å². The third-order valence-corrected chi connectivity index (χ3v) is 5.81. The van der Waals surface area contributed by atoms with Gasteiger partial charge in [-0.3, -0.25) is 9.59 Å². The second kappa shape index (κ2) is 10.1. The van der Waals surface area contributed by atoms with E-state index in [0.29, 0.717) is 28.4 Å². The Bertz CT molecular complexity index is 1170. The number of nitrogens with one attached hydrogen (secondary N) is 2. The minimum absolute atomic E-state index is 0.174. The Morgan fingerprint density at radius 1 is 1.12 bits per heavy atom. The molecule has 1 fully saturated rings. The standard InChI is InChI=1S/C25H26N4O3/c26-16-18-6-8-19(9-7-18)32-20-10-14-29(15-11-20)13-3-12-27-25(31)23-17-28-24(30)22-5-2-1-4-21(22)23/h1-2,4-9,17,20H,3,10-15H2,(H,27,31)(H,28,30). The highest BCUT2D eigenvalue weighted by molar-refractivity contribution is 6.06. The van der Waals surface area contributed by atoms with E-state index in [0.717, 1.165) is 44.6 Å². The van der Waals surface area contributed by atoms with E-state index in [2.05, 4.69) is 21.3 Å². The van der Waals surface area contributed by atoms with Gasteiger partial charge in [-0.25, -0.2) is 0 Å². The Balaban J connectivity index is 1.19. The van der Waals surface area contributed by atoms with E-state index in [9.17, 15) is 9.59 Å². The van der Waals surface area contributed by atoms with Crippen LogP contribution >= 0.6 is 0 Å². The molecular weight excluding hydrogens is 404 g/mol. The third-order valence-electron chi connectivity index (χ3n) is 5.81. The number of amides is 1. The molecule has 1 aliphatic heterocycles. The number of carbonyl (C=O) groups excluding carboxylic acids is 1. The van der Waals surface area contributed by atoms with Gasteiger partial charge >= 0.3 is 0 Å². The Kier molecular flexibility index (Phi) is 6.83. The van der Waals surface area contributed by atoms with Crippen molar-refractivity contribution >= 4 is 16.7 Å². The van der Waals surface area contributed by atoms with Gasteiger partial charge in [0.25, 0.3) is 11.5 Å².